The monoisotopic (exact) mass is 891 g/mol. The zero-order valence-corrected chi connectivity index (χ0v) is 37.3. The summed E-state index contributed by atoms with van der Waals surface area (Å²) in [6.07, 6.45) is 6.17. The van der Waals surface area contributed by atoms with Crippen LogP contribution >= 0.6 is 0 Å². The van der Waals surface area contributed by atoms with Crippen LogP contribution in [0, 0.1) is 30.6 Å². The van der Waals surface area contributed by atoms with Gasteiger partial charge in [0, 0.05) is 23.1 Å². The minimum Gasteiger partial charge on any atom is -0.508 e. The topological polar surface area (TPSA) is 135 Å². The van der Waals surface area contributed by atoms with Crippen LogP contribution in [0.4, 0.5) is 11.4 Å². The number of carbonyl (C=O) groups is 4. The van der Waals surface area contributed by atoms with Crippen LogP contribution in [0.5, 0.6) is 23.0 Å². The first kappa shape index (κ1) is 43.0. The molecule has 336 valence electrons. The molecule has 0 bridgehead atoms. The number of hydrazine groups is 1. The van der Waals surface area contributed by atoms with Gasteiger partial charge in [-0.05, 0) is 90.9 Å². The molecule has 0 unspecified atom stereocenters. The predicted molar refractivity (Wildman–Crippen MR) is 255 cm³/mol. The summed E-state index contributed by atoms with van der Waals surface area (Å²) in [5.41, 5.74) is 7.98. The van der Waals surface area contributed by atoms with E-state index < -0.39 is 46.8 Å². The number of hydrogen-bond acceptors (Lipinski definition) is 9. The fourth-order valence-electron chi connectivity index (χ4n) is 10.8. The molecule has 6 aromatic carbocycles. The molecule has 2 N–H and O–H groups in total. The molecule has 0 spiro atoms. The van der Waals surface area contributed by atoms with Crippen LogP contribution in [0.3, 0.4) is 0 Å². The van der Waals surface area contributed by atoms with E-state index in [1.807, 2.05) is 140 Å². The van der Waals surface area contributed by atoms with E-state index in [1.165, 1.54) is 4.90 Å². The molecule has 2 saturated heterocycles. The van der Waals surface area contributed by atoms with Gasteiger partial charge in [-0.2, -0.15) is 5.01 Å². The molecule has 67 heavy (non-hydrogen) atoms. The van der Waals surface area contributed by atoms with Gasteiger partial charge in [0.15, 0.2) is 0 Å². The number of phenolic OH excluding ortho intramolecular Hbond substituents is 1. The molecule has 4 aliphatic rings. The van der Waals surface area contributed by atoms with Crippen molar-refractivity contribution in [2.75, 3.05) is 24.5 Å². The molecule has 11 heteroatoms. The number of methoxy groups -OCH3 is 2. The first-order chi connectivity index (χ1) is 32.6. The Hall–Kier alpha value is -7.92. The molecule has 2 aliphatic carbocycles. The van der Waals surface area contributed by atoms with Crippen LogP contribution in [0.2, 0.25) is 0 Å². The zero-order valence-electron chi connectivity index (χ0n) is 37.3. The average Bonchev–Trinajstić information content (AvgIpc) is 3.74. The molecule has 6 aromatic rings. The maximum atomic E-state index is 15.6. The minimum absolute atomic E-state index is 0.118. The number of phenols is 1. The van der Waals surface area contributed by atoms with Crippen molar-refractivity contribution in [2.45, 2.75) is 37.7 Å². The third-order valence-electron chi connectivity index (χ3n) is 14.0. The maximum absolute atomic E-state index is 15.6. The number of aryl methyl sites for hydroxylation is 1. The quantitative estimate of drug-likeness (QED) is 0.0700. The number of anilines is 2. The van der Waals surface area contributed by atoms with Gasteiger partial charge in [-0.15, -0.1) is 0 Å². The Balaban J connectivity index is 1.03. The Kier molecular flexibility index (Phi) is 11.2. The molecule has 4 amide bonds. The molecule has 2 heterocycles. The third kappa shape index (κ3) is 7.40. The van der Waals surface area contributed by atoms with Gasteiger partial charge in [0.2, 0.25) is 11.8 Å². The number of benzene rings is 6. The number of ether oxygens (including phenoxy) is 3. The molecule has 10 rings (SSSR count). The number of aromatic hydroxyl groups is 1. The Morgan fingerprint density at radius 2 is 1.45 bits per heavy atom. The number of nitrogens with zero attached hydrogens (tertiary/aromatic N) is 2. The van der Waals surface area contributed by atoms with Crippen molar-refractivity contribution in [1.82, 2.24) is 5.01 Å². The van der Waals surface area contributed by atoms with E-state index in [4.69, 9.17) is 14.2 Å². The van der Waals surface area contributed by atoms with Gasteiger partial charge in [-0.3, -0.25) is 29.5 Å². The lowest BCUT2D eigenvalue weighted by Gasteiger charge is -2.50. The van der Waals surface area contributed by atoms with Crippen LogP contribution in [0.25, 0.3) is 12.2 Å². The highest BCUT2D eigenvalue weighted by atomic mass is 16.5. The summed E-state index contributed by atoms with van der Waals surface area (Å²) < 4.78 is 17.1. The van der Waals surface area contributed by atoms with Gasteiger partial charge in [-0.1, -0.05) is 120 Å². The molecule has 11 nitrogen and oxygen atoms in total. The molecular weight excluding hydrogens is 843 g/mol. The number of nitrogens with one attached hydrogen (secondary N) is 1. The predicted octanol–water partition coefficient (Wildman–Crippen LogP) is 9.66. The van der Waals surface area contributed by atoms with Gasteiger partial charge in [0.05, 0.1) is 48.8 Å². The van der Waals surface area contributed by atoms with Crippen molar-refractivity contribution in [3.05, 3.63) is 191 Å². The molecule has 2 aliphatic heterocycles. The molecular formula is C56H49N3O8. The summed E-state index contributed by atoms with van der Waals surface area (Å²) in [5.74, 6) is -3.93. The van der Waals surface area contributed by atoms with Crippen LogP contribution in [0.15, 0.2) is 157 Å². The number of hydrogen-bond donors (Lipinski definition) is 2. The lowest BCUT2D eigenvalue weighted by molar-refractivity contribution is -0.138. The number of allylic oxidation sites excluding steroid dienone is 2. The third-order valence-corrected chi connectivity index (χ3v) is 14.0. The van der Waals surface area contributed by atoms with E-state index >= 15 is 9.59 Å². The zero-order chi connectivity index (χ0) is 46.4. The van der Waals surface area contributed by atoms with E-state index in [1.54, 1.807) is 44.6 Å². The summed E-state index contributed by atoms with van der Waals surface area (Å²) in [4.78, 5) is 61.5. The van der Waals surface area contributed by atoms with Crippen molar-refractivity contribution in [3.8, 4) is 23.0 Å². The Labute approximate surface area is 388 Å². The number of fused-ring (bicyclic) bond motifs is 4. The van der Waals surface area contributed by atoms with Crippen LogP contribution in [-0.2, 0) is 31.2 Å². The van der Waals surface area contributed by atoms with Gasteiger partial charge in [-0.25, -0.2) is 0 Å². The van der Waals surface area contributed by atoms with Crippen molar-refractivity contribution >= 4 is 47.2 Å². The molecule has 1 saturated carbocycles. The van der Waals surface area contributed by atoms with E-state index in [0.29, 0.717) is 39.8 Å². The van der Waals surface area contributed by atoms with Gasteiger partial charge in [0.25, 0.3) is 11.8 Å². The second kappa shape index (κ2) is 17.5. The summed E-state index contributed by atoms with van der Waals surface area (Å²) in [6.45, 7) is 2.23. The number of carbonyl (C=O) groups excluding carboxylic acids is 4. The van der Waals surface area contributed by atoms with Crippen LogP contribution in [0.1, 0.15) is 52.1 Å². The van der Waals surface area contributed by atoms with Crippen LogP contribution < -0.4 is 24.5 Å². The van der Waals surface area contributed by atoms with Crippen LogP contribution in [-0.4, -0.2) is 48.0 Å². The van der Waals surface area contributed by atoms with Crippen molar-refractivity contribution in [3.63, 3.8) is 0 Å². The smallest absolute Gasteiger partial charge is 0.260 e. The minimum atomic E-state index is -1.54. The lowest BCUT2D eigenvalue weighted by atomic mass is 9.49. The molecule has 3 fully saturated rings. The summed E-state index contributed by atoms with van der Waals surface area (Å²) in [6, 6.07) is 44.2. The number of amides is 4. The van der Waals surface area contributed by atoms with Gasteiger partial charge < -0.3 is 19.3 Å². The van der Waals surface area contributed by atoms with Crippen molar-refractivity contribution < 1.29 is 38.5 Å². The lowest BCUT2D eigenvalue weighted by Crippen LogP contribution is -2.53. The number of imide groups is 2. The standard InChI is InChI=1S/C56H49N3O8/c1-34-14-20-39(21-15-34)57-59-53(62)47-32-46-43(51(56(47,55(59)64)38-12-8-5-9-13-38)44-26-24-42(31-48(44)60)67-33-36-10-6-4-7-11-36)27-28-45-50(46)54(63)58(52(45)61)40-22-17-35(18-23-40)16-19-37-30-41(65-2)25-29-49(37)66-3/h4-27,29-31,45-47,50-51,57,60H,28,32-33H2,1-3H3/t45-,46+,47-,50-,51+,56+/m0/s1. The second-order valence-corrected chi connectivity index (χ2v) is 17.6. The summed E-state index contributed by atoms with van der Waals surface area (Å²) >= 11 is 0. The summed E-state index contributed by atoms with van der Waals surface area (Å²) in [5, 5.41) is 13.3. The summed E-state index contributed by atoms with van der Waals surface area (Å²) in [7, 11) is 3.21. The van der Waals surface area contributed by atoms with Gasteiger partial charge in [0.1, 0.15) is 29.6 Å². The van der Waals surface area contributed by atoms with Crippen molar-refractivity contribution in [1.29, 1.82) is 0 Å². The normalized spacial score (nSPS) is 23.1. The highest BCUT2D eigenvalue weighted by molar-refractivity contribution is 6.22. The first-order valence-corrected chi connectivity index (χ1v) is 22.5. The molecule has 6 atom stereocenters. The maximum Gasteiger partial charge on any atom is 0.260 e. The van der Waals surface area contributed by atoms with E-state index in [9.17, 15) is 14.7 Å². The highest BCUT2D eigenvalue weighted by Gasteiger charge is 2.70. The second-order valence-electron chi connectivity index (χ2n) is 17.6. The fourth-order valence-corrected chi connectivity index (χ4v) is 10.8. The van der Waals surface area contributed by atoms with Crippen molar-refractivity contribution in [2.24, 2.45) is 23.7 Å². The molecule has 0 radical (unpaired) electrons. The molecule has 0 aromatic heterocycles. The SMILES string of the molecule is COc1ccc(OC)c(C=Cc2ccc(N3C(=O)[C@H]4[C@H](CC=C5[C@H]4C[C@H]4C(=O)N(Nc6ccc(C)cc6)C(=O)[C@@]4(c4ccccc4)[C@H]5c4ccc(OCc5ccccc5)cc4O)C3=O)cc2)c1. The Bertz CT molecular complexity index is 2950. The van der Waals surface area contributed by atoms with E-state index in [2.05, 4.69) is 5.43 Å². The Morgan fingerprint density at radius 1 is 0.731 bits per heavy atom. The van der Waals surface area contributed by atoms with E-state index in [0.717, 1.165) is 32.8 Å². The first-order valence-electron chi connectivity index (χ1n) is 22.5. The largest absolute Gasteiger partial charge is 0.508 e. The van der Waals surface area contributed by atoms with E-state index in [-0.39, 0.29) is 37.0 Å². The highest BCUT2D eigenvalue weighted by Crippen LogP contribution is 2.65. The van der Waals surface area contributed by atoms with Gasteiger partial charge >= 0.3 is 0 Å². The fraction of sp³-hybridized carbons (Fsp3) is 0.214. The average molecular weight is 892 g/mol. The number of rotatable bonds is 12. The Morgan fingerprint density at radius 3 is 2.15 bits per heavy atom.